The highest BCUT2D eigenvalue weighted by atomic mass is 16.1. The van der Waals surface area contributed by atoms with Crippen molar-refractivity contribution in [2.75, 3.05) is 48.8 Å². The maximum Gasteiger partial charge on any atom is 0.250 e. The predicted molar refractivity (Wildman–Crippen MR) is 140 cm³/mol. The molecule has 0 bridgehead atoms. The number of para-hydroxylation sites is 1. The van der Waals surface area contributed by atoms with Crippen molar-refractivity contribution in [2.24, 2.45) is 7.05 Å². The minimum Gasteiger partial charge on any atom is -0.369 e. The summed E-state index contributed by atoms with van der Waals surface area (Å²) >= 11 is 0. The normalized spacial score (nSPS) is 14.2. The molecule has 0 spiro atoms. The Hall–Kier alpha value is -4.24. The first-order chi connectivity index (χ1) is 17.0. The van der Waals surface area contributed by atoms with Gasteiger partial charge in [-0.05, 0) is 37.4 Å². The van der Waals surface area contributed by atoms with Crippen LogP contribution >= 0.6 is 0 Å². The highest BCUT2D eigenvalue weighted by Crippen LogP contribution is 2.29. The number of aromatic nitrogens is 4. The van der Waals surface area contributed by atoms with Gasteiger partial charge in [-0.3, -0.25) is 10.1 Å². The molecule has 1 fully saturated rings. The minimum absolute atomic E-state index is 0.310. The van der Waals surface area contributed by atoms with Crippen molar-refractivity contribution in [1.29, 1.82) is 0 Å². The molecule has 0 atom stereocenters. The third-order valence-electron chi connectivity index (χ3n) is 6.29. The van der Waals surface area contributed by atoms with Crippen LogP contribution < -0.4 is 15.5 Å². The van der Waals surface area contributed by atoms with E-state index in [2.05, 4.69) is 68.3 Å². The van der Waals surface area contributed by atoms with Crippen molar-refractivity contribution in [3.05, 3.63) is 67.5 Å². The second-order valence-electron chi connectivity index (χ2n) is 8.62. The summed E-state index contributed by atoms with van der Waals surface area (Å²) in [5, 5.41) is 6.96. The van der Waals surface area contributed by atoms with Gasteiger partial charge in [0.25, 0.3) is 0 Å². The molecule has 0 radical (unpaired) electrons. The van der Waals surface area contributed by atoms with E-state index < -0.39 is 0 Å². The SMILES string of the molecule is C=CC(=O)Nc1ncc(-c2cccc3cnc(Nc4ccc(N5CCN(C)CC5)cc4)nc23)n1C. The molecule has 9 nitrogen and oxygen atoms in total. The Morgan fingerprint density at radius 3 is 2.51 bits per heavy atom. The molecule has 2 N–H and O–H groups in total. The zero-order valence-corrected chi connectivity index (χ0v) is 19.9. The number of nitrogens with one attached hydrogen (secondary N) is 2. The van der Waals surface area contributed by atoms with Crippen LogP contribution in [0, 0.1) is 0 Å². The second-order valence-corrected chi connectivity index (χ2v) is 8.62. The number of hydrogen-bond donors (Lipinski definition) is 2. The van der Waals surface area contributed by atoms with Gasteiger partial charge in [-0.15, -0.1) is 0 Å². The summed E-state index contributed by atoms with van der Waals surface area (Å²) in [6, 6.07) is 14.3. The number of piperazine rings is 1. The fraction of sp³-hybridized carbons (Fsp3) is 0.231. The van der Waals surface area contributed by atoms with Gasteiger partial charge in [0.1, 0.15) is 0 Å². The van der Waals surface area contributed by atoms with Gasteiger partial charge in [-0.2, -0.15) is 0 Å². The van der Waals surface area contributed by atoms with Crippen molar-refractivity contribution in [3.63, 3.8) is 0 Å². The van der Waals surface area contributed by atoms with Crippen molar-refractivity contribution < 1.29 is 4.79 Å². The number of hydrogen-bond acceptors (Lipinski definition) is 7. The number of carbonyl (C=O) groups excluding carboxylic acids is 1. The lowest BCUT2D eigenvalue weighted by Crippen LogP contribution is -2.44. The van der Waals surface area contributed by atoms with Crippen LogP contribution in [0.3, 0.4) is 0 Å². The van der Waals surface area contributed by atoms with Gasteiger partial charge in [0, 0.05) is 61.7 Å². The largest absolute Gasteiger partial charge is 0.369 e. The van der Waals surface area contributed by atoms with Gasteiger partial charge in [0.05, 0.1) is 17.4 Å². The maximum absolute atomic E-state index is 11.7. The van der Waals surface area contributed by atoms with Crippen LogP contribution in [0.1, 0.15) is 0 Å². The van der Waals surface area contributed by atoms with Crippen LogP contribution in [0.15, 0.2) is 67.5 Å². The molecule has 1 aliphatic rings. The van der Waals surface area contributed by atoms with Crippen LogP contribution in [0.4, 0.5) is 23.3 Å². The molecule has 178 valence electrons. The van der Waals surface area contributed by atoms with E-state index >= 15 is 0 Å². The van der Waals surface area contributed by atoms with Gasteiger partial charge < -0.3 is 19.7 Å². The van der Waals surface area contributed by atoms with Gasteiger partial charge in [0.15, 0.2) is 0 Å². The average Bonchev–Trinajstić information content (AvgIpc) is 3.24. The van der Waals surface area contributed by atoms with Crippen molar-refractivity contribution >= 4 is 40.1 Å². The predicted octanol–water partition coefficient (Wildman–Crippen LogP) is 3.65. The standard InChI is InChI=1S/C26H28N8O/c1-4-23(35)30-26-28-17-22(33(26)3)21-7-5-6-18-16-27-25(31-24(18)21)29-19-8-10-20(11-9-19)34-14-12-32(2)13-15-34/h4-11,16-17H,1,12-15H2,2-3H3,(H,27,29,31)(H,28,30,35). The Morgan fingerprint density at radius 1 is 1.00 bits per heavy atom. The Labute approximate surface area is 204 Å². The molecule has 4 aromatic rings. The number of imidazole rings is 1. The Balaban J connectivity index is 1.40. The second kappa shape index (κ2) is 9.55. The van der Waals surface area contributed by atoms with E-state index in [1.165, 1.54) is 11.8 Å². The van der Waals surface area contributed by atoms with Crippen molar-refractivity contribution in [3.8, 4) is 11.3 Å². The van der Waals surface area contributed by atoms with Crippen LogP contribution in [-0.4, -0.2) is 63.6 Å². The maximum atomic E-state index is 11.7. The number of fused-ring (bicyclic) bond motifs is 1. The summed E-state index contributed by atoms with van der Waals surface area (Å²) in [7, 11) is 4.01. The highest BCUT2D eigenvalue weighted by Gasteiger charge is 2.16. The van der Waals surface area contributed by atoms with Crippen molar-refractivity contribution in [2.45, 2.75) is 0 Å². The van der Waals surface area contributed by atoms with Gasteiger partial charge in [-0.25, -0.2) is 15.0 Å². The molecule has 0 unspecified atom stereocenters. The lowest BCUT2D eigenvalue weighted by atomic mass is 10.1. The average molecular weight is 469 g/mol. The third kappa shape index (κ3) is 4.71. The number of amides is 1. The molecule has 1 saturated heterocycles. The Morgan fingerprint density at radius 2 is 1.77 bits per heavy atom. The third-order valence-corrected chi connectivity index (χ3v) is 6.29. The van der Waals surface area contributed by atoms with E-state index in [0.29, 0.717) is 11.9 Å². The smallest absolute Gasteiger partial charge is 0.250 e. The van der Waals surface area contributed by atoms with Crippen LogP contribution in [0.25, 0.3) is 22.2 Å². The quantitative estimate of drug-likeness (QED) is 0.418. The molecule has 2 aromatic carbocycles. The molecule has 0 saturated carbocycles. The first kappa shape index (κ1) is 22.5. The van der Waals surface area contributed by atoms with E-state index in [4.69, 9.17) is 4.98 Å². The number of anilines is 4. The summed E-state index contributed by atoms with van der Waals surface area (Å²) < 4.78 is 1.82. The molecule has 2 aromatic heterocycles. The summed E-state index contributed by atoms with van der Waals surface area (Å²) in [5.74, 6) is 0.644. The highest BCUT2D eigenvalue weighted by molar-refractivity contribution is 5.98. The molecule has 3 heterocycles. The van der Waals surface area contributed by atoms with Crippen LogP contribution in [-0.2, 0) is 11.8 Å². The molecule has 9 heteroatoms. The Bertz CT molecular complexity index is 1370. The van der Waals surface area contributed by atoms with Crippen LogP contribution in [0.5, 0.6) is 0 Å². The topological polar surface area (TPSA) is 91.2 Å². The molecular formula is C26H28N8O. The minimum atomic E-state index is -0.310. The lowest BCUT2D eigenvalue weighted by molar-refractivity contribution is -0.111. The first-order valence-electron chi connectivity index (χ1n) is 11.5. The number of rotatable bonds is 6. The Kier molecular flexibility index (Phi) is 6.15. The summed E-state index contributed by atoms with van der Waals surface area (Å²) in [5.41, 5.74) is 4.67. The summed E-state index contributed by atoms with van der Waals surface area (Å²) in [6.45, 7) is 7.71. The van der Waals surface area contributed by atoms with Gasteiger partial charge >= 0.3 is 0 Å². The monoisotopic (exact) mass is 468 g/mol. The number of benzene rings is 2. The van der Waals surface area contributed by atoms with E-state index in [1.54, 1.807) is 6.20 Å². The molecule has 5 rings (SSSR count). The fourth-order valence-corrected chi connectivity index (χ4v) is 4.21. The summed E-state index contributed by atoms with van der Waals surface area (Å²) in [6.07, 6.45) is 4.75. The summed E-state index contributed by atoms with van der Waals surface area (Å²) in [4.78, 5) is 30.1. The zero-order valence-electron chi connectivity index (χ0n) is 19.9. The number of carbonyl (C=O) groups is 1. The number of nitrogens with zero attached hydrogens (tertiary/aromatic N) is 6. The van der Waals surface area contributed by atoms with Crippen molar-refractivity contribution in [1.82, 2.24) is 24.4 Å². The fourth-order valence-electron chi connectivity index (χ4n) is 4.21. The van der Waals surface area contributed by atoms with Crippen LogP contribution in [0.2, 0.25) is 0 Å². The van der Waals surface area contributed by atoms with E-state index in [-0.39, 0.29) is 5.91 Å². The molecule has 1 aliphatic heterocycles. The van der Waals surface area contributed by atoms with Gasteiger partial charge in [-0.1, -0.05) is 24.8 Å². The van der Waals surface area contributed by atoms with E-state index in [1.807, 2.05) is 36.0 Å². The molecule has 35 heavy (non-hydrogen) atoms. The zero-order chi connectivity index (χ0) is 24.4. The van der Waals surface area contributed by atoms with E-state index in [0.717, 1.165) is 54.0 Å². The lowest BCUT2D eigenvalue weighted by Gasteiger charge is -2.34. The number of likely N-dealkylation sites (N-methyl/N-ethyl adjacent to an activating group) is 1. The van der Waals surface area contributed by atoms with Gasteiger partial charge in [0.2, 0.25) is 17.8 Å². The molecule has 1 amide bonds. The molecular weight excluding hydrogens is 440 g/mol. The first-order valence-corrected chi connectivity index (χ1v) is 11.5. The molecule has 0 aliphatic carbocycles. The van der Waals surface area contributed by atoms with E-state index in [9.17, 15) is 4.79 Å².